The van der Waals surface area contributed by atoms with Gasteiger partial charge < -0.3 is 4.98 Å². The molecule has 6 nitrogen and oxygen atoms in total. The van der Waals surface area contributed by atoms with E-state index in [9.17, 15) is 9.59 Å². The molecule has 6 heteroatoms. The second-order valence-electron chi connectivity index (χ2n) is 4.26. The summed E-state index contributed by atoms with van der Waals surface area (Å²) < 4.78 is 1.11. The quantitative estimate of drug-likeness (QED) is 0.660. The van der Waals surface area contributed by atoms with Crippen LogP contribution >= 0.6 is 0 Å². The number of nitrogens with one attached hydrogen (secondary N) is 2. The molecule has 0 radical (unpaired) electrons. The molecule has 0 saturated carbocycles. The number of H-pyrrole nitrogens is 2. The SMILES string of the molecule is C#Cc1nc2[nH]c(=O)n(Cc3ccccc3)c(=O)c2[nH]1. The first kappa shape index (κ1) is 12.0. The lowest BCUT2D eigenvalue weighted by Gasteiger charge is -2.04. The molecule has 3 rings (SSSR count). The van der Waals surface area contributed by atoms with Gasteiger partial charge in [0.1, 0.15) is 0 Å². The maximum atomic E-state index is 12.3. The van der Waals surface area contributed by atoms with Gasteiger partial charge in [-0.1, -0.05) is 30.3 Å². The molecule has 1 aromatic carbocycles. The van der Waals surface area contributed by atoms with E-state index in [1.54, 1.807) is 0 Å². The van der Waals surface area contributed by atoms with Gasteiger partial charge in [0.15, 0.2) is 17.0 Å². The van der Waals surface area contributed by atoms with E-state index in [0.717, 1.165) is 10.1 Å². The van der Waals surface area contributed by atoms with Crippen LogP contribution in [-0.2, 0) is 6.54 Å². The molecule has 98 valence electrons. The number of benzene rings is 1. The Kier molecular flexibility index (Phi) is 2.73. The molecule has 0 bridgehead atoms. The molecule has 2 N–H and O–H groups in total. The zero-order valence-electron chi connectivity index (χ0n) is 10.4. The topological polar surface area (TPSA) is 83.5 Å². The number of aromatic nitrogens is 4. The van der Waals surface area contributed by atoms with Gasteiger partial charge in [-0.05, 0) is 11.5 Å². The fourth-order valence-corrected chi connectivity index (χ4v) is 1.99. The normalized spacial score (nSPS) is 10.6. The molecule has 0 aliphatic carbocycles. The third kappa shape index (κ3) is 1.91. The van der Waals surface area contributed by atoms with Gasteiger partial charge >= 0.3 is 5.69 Å². The van der Waals surface area contributed by atoms with Crippen molar-refractivity contribution < 1.29 is 0 Å². The van der Waals surface area contributed by atoms with E-state index in [1.807, 2.05) is 30.3 Å². The highest BCUT2D eigenvalue weighted by molar-refractivity contribution is 5.69. The monoisotopic (exact) mass is 266 g/mol. The number of hydrogen-bond acceptors (Lipinski definition) is 3. The number of imidazole rings is 1. The van der Waals surface area contributed by atoms with Crippen molar-refractivity contribution in [1.29, 1.82) is 0 Å². The summed E-state index contributed by atoms with van der Waals surface area (Å²) in [5.74, 6) is 2.51. The Labute approximate surface area is 113 Å². The van der Waals surface area contributed by atoms with Crippen LogP contribution in [0.25, 0.3) is 11.2 Å². The number of fused-ring (bicyclic) bond motifs is 1. The van der Waals surface area contributed by atoms with Crippen molar-refractivity contribution in [3.8, 4) is 12.3 Å². The number of hydrogen-bond donors (Lipinski definition) is 2. The van der Waals surface area contributed by atoms with Gasteiger partial charge in [-0.25, -0.2) is 9.78 Å². The van der Waals surface area contributed by atoms with E-state index in [2.05, 4.69) is 20.9 Å². The molecule has 0 atom stereocenters. The predicted octanol–water partition coefficient (Wildman–Crippen LogP) is 0.442. The van der Waals surface area contributed by atoms with E-state index < -0.39 is 11.2 Å². The Bertz CT molecular complexity index is 926. The highest BCUT2D eigenvalue weighted by atomic mass is 16.2. The molecule has 0 fully saturated rings. The number of terminal acetylenes is 1. The van der Waals surface area contributed by atoms with E-state index in [-0.39, 0.29) is 23.5 Å². The standard InChI is InChI=1S/C14H10N4O2/c1-2-10-15-11-12(16-10)17-14(20)18(13(11)19)8-9-6-4-3-5-7-9/h1,3-7H,8H2,(H,15,16)(H,17,20). The average molecular weight is 266 g/mol. The van der Waals surface area contributed by atoms with Crippen LogP contribution in [0.3, 0.4) is 0 Å². The molecular weight excluding hydrogens is 256 g/mol. The summed E-state index contributed by atoms with van der Waals surface area (Å²) in [6.45, 7) is 0.190. The average Bonchev–Trinajstić information content (AvgIpc) is 2.88. The number of nitrogens with zero attached hydrogens (tertiary/aromatic N) is 2. The fraction of sp³-hybridized carbons (Fsp3) is 0.0714. The van der Waals surface area contributed by atoms with Crippen LogP contribution in [0.4, 0.5) is 0 Å². The Balaban J connectivity index is 2.19. The van der Waals surface area contributed by atoms with Gasteiger partial charge in [0.2, 0.25) is 0 Å². The number of aromatic amines is 2. The van der Waals surface area contributed by atoms with Crippen molar-refractivity contribution in [2.45, 2.75) is 6.54 Å². The molecule has 2 aromatic heterocycles. The summed E-state index contributed by atoms with van der Waals surface area (Å²) in [7, 11) is 0. The maximum Gasteiger partial charge on any atom is 0.330 e. The fourth-order valence-electron chi connectivity index (χ4n) is 1.99. The summed E-state index contributed by atoms with van der Waals surface area (Å²) in [6, 6.07) is 9.25. The smallest absolute Gasteiger partial charge is 0.325 e. The molecule has 0 aliphatic heterocycles. The molecule has 0 amide bonds. The summed E-state index contributed by atoms with van der Waals surface area (Å²) in [5.41, 5.74) is 0.282. The first-order chi connectivity index (χ1) is 9.69. The van der Waals surface area contributed by atoms with Crippen LogP contribution in [-0.4, -0.2) is 19.5 Å². The van der Waals surface area contributed by atoms with Crippen molar-refractivity contribution in [2.75, 3.05) is 0 Å². The van der Waals surface area contributed by atoms with E-state index >= 15 is 0 Å². The van der Waals surface area contributed by atoms with E-state index in [1.165, 1.54) is 0 Å². The van der Waals surface area contributed by atoms with E-state index in [0.29, 0.717) is 0 Å². The molecule has 0 spiro atoms. The highest BCUT2D eigenvalue weighted by Gasteiger charge is 2.11. The maximum absolute atomic E-state index is 12.3. The zero-order valence-corrected chi connectivity index (χ0v) is 10.4. The zero-order chi connectivity index (χ0) is 14.1. The minimum Gasteiger partial charge on any atom is -0.325 e. The van der Waals surface area contributed by atoms with Gasteiger partial charge in [-0.15, -0.1) is 6.42 Å². The Morgan fingerprint density at radius 3 is 2.65 bits per heavy atom. The van der Waals surface area contributed by atoms with Crippen LogP contribution in [0.15, 0.2) is 39.9 Å². The molecule has 20 heavy (non-hydrogen) atoms. The van der Waals surface area contributed by atoms with Crippen molar-refractivity contribution in [2.24, 2.45) is 0 Å². The molecule has 0 saturated heterocycles. The first-order valence-corrected chi connectivity index (χ1v) is 5.92. The van der Waals surface area contributed by atoms with Crippen molar-refractivity contribution >= 4 is 11.2 Å². The predicted molar refractivity (Wildman–Crippen MR) is 74.5 cm³/mol. The molecule has 0 unspecified atom stereocenters. The van der Waals surface area contributed by atoms with Gasteiger partial charge in [0.05, 0.1) is 6.54 Å². The molecule has 0 aliphatic rings. The Morgan fingerprint density at radius 2 is 1.95 bits per heavy atom. The minimum absolute atomic E-state index is 0.178. The Morgan fingerprint density at radius 1 is 1.20 bits per heavy atom. The molecule has 2 heterocycles. The third-order valence-corrected chi connectivity index (χ3v) is 2.95. The van der Waals surface area contributed by atoms with Gasteiger partial charge in [0, 0.05) is 0 Å². The summed E-state index contributed by atoms with van der Waals surface area (Å²) >= 11 is 0. The number of rotatable bonds is 2. The summed E-state index contributed by atoms with van der Waals surface area (Å²) in [6.07, 6.45) is 5.22. The lowest BCUT2D eigenvalue weighted by atomic mass is 10.2. The second-order valence-corrected chi connectivity index (χ2v) is 4.26. The summed E-state index contributed by atoms with van der Waals surface area (Å²) in [5, 5.41) is 0. The first-order valence-electron chi connectivity index (χ1n) is 5.92. The largest absolute Gasteiger partial charge is 0.330 e. The summed E-state index contributed by atoms with van der Waals surface area (Å²) in [4.78, 5) is 33.4. The van der Waals surface area contributed by atoms with Crippen molar-refractivity contribution in [3.63, 3.8) is 0 Å². The van der Waals surface area contributed by atoms with Crippen LogP contribution < -0.4 is 11.2 Å². The highest BCUT2D eigenvalue weighted by Crippen LogP contribution is 2.02. The molecule has 3 aromatic rings. The van der Waals surface area contributed by atoms with Crippen LogP contribution in [0.2, 0.25) is 0 Å². The lowest BCUT2D eigenvalue weighted by molar-refractivity contribution is 0.709. The van der Waals surface area contributed by atoms with Crippen LogP contribution in [0, 0.1) is 12.3 Å². The third-order valence-electron chi connectivity index (χ3n) is 2.95. The second kappa shape index (κ2) is 4.55. The Hall–Kier alpha value is -3.07. The van der Waals surface area contributed by atoms with Crippen LogP contribution in [0.1, 0.15) is 11.4 Å². The van der Waals surface area contributed by atoms with Gasteiger partial charge in [0.25, 0.3) is 5.56 Å². The van der Waals surface area contributed by atoms with Gasteiger partial charge in [-0.3, -0.25) is 14.3 Å². The molecular formula is C14H10N4O2. The minimum atomic E-state index is -0.513. The van der Waals surface area contributed by atoms with Crippen molar-refractivity contribution in [3.05, 3.63) is 62.6 Å². The van der Waals surface area contributed by atoms with Crippen LogP contribution in [0.5, 0.6) is 0 Å². The van der Waals surface area contributed by atoms with Gasteiger partial charge in [-0.2, -0.15) is 0 Å². The lowest BCUT2D eigenvalue weighted by Crippen LogP contribution is -2.35. The van der Waals surface area contributed by atoms with E-state index in [4.69, 9.17) is 6.42 Å². The van der Waals surface area contributed by atoms with Crippen molar-refractivity contribution in [1.82, 2.24) is 19.5 Å².